The molecule has 3 heteroatoms. The van der Waals surface area contributed by atoms with Crippen LogP contribution in [0.2, 0.25) is 0 Å². The Morgan fingerprint density at radius 1 is 0.975 bits per heavy atom. The van der Waals surface area contributed by atoms with Crippen LogP contribution in [-0.2, 0) is 22.4 Å². The molecular formula is C37H44O3. The standard InChI is InChI=1S/C37H44O3/c1-11-25-16-28(27-14-12-26(13-15-27)20(2)3)29-18-35(8)19-36(9)17-21(4)30(24(7)38)34(40)37(36,10)23(6)32(35)33(39)31(29)22(25)5/h12-16,20H,11,17-19H2,1-10H3. The normalized spacial score (nSPS) is 28.1. The van der Waals surface area contributed by atoms with Crippen molar-refractivity contribution in [3.8, 4) is 11.1 Å². The van der Waals surface area contributed by atoms with Gasteiger partial charge in [0.25, 0.3) is 0 Å². The van der Waals surface area contributed by atoms with Crippen molar-refractivity contribution in [1.82, 2.24) is 0 Å². The predicted octanol–water partition coefficient (Wildman–Crippen LogP) is 8.70. The summed E-state index contributed by atoms with van der Waals surface area (Å²) in [6.07, 6.45) is 3.01. The van der Waals surface area contributed by atoms with Crippen molar-refractivity contribution in [3.63, 3.8) is 0 Å². The van der Waals surface area contributed by atoms with E-state index >= 15 is 0 Å². The Balaban J connectivity index is 1.77. The molecule has 5 rings (SSSR count). The second-order valence-electron chi connectivity index (χ2n) is 13.8. The average molecular weight is 537 g/mol. The van der Waals surface area contributed by atoms with Gasteiger partial charge in [0.15, 0.2) is 17.3 Å². The topological polar surface area (TPSA) is 51.2 Å². The fourth-order valence-electron chi connectivity index (χ4n) is 8.71. The van der Waals surface area contributed by atoms with Crippen molar-refractivity contribution in [3.05, 3.63) is 80.4 Å². The average Bonchev–Trinajstić information content (AvgIpc) is 2.86. The summed E-state index contributed by atoms with van der Waals surface area (Å²) in [4.78, 5) is 41.5. The van der Waals surface area contributed by atoms with Crippen molar-refractivity contribution in [2.45, 2.75) is 101 Å². The Hall–Kier alpha value is -3.07. The van der Waals surface area contributed by atoms with E-state index in [1.807, 2.05) is 20.8 Å². The summed E-state index contributed by atoms with van der Waals surface area (Å²) < 4.78 is 0. The van der Waals surface area contributed by atoms with Gasteiger partial charge in [0.1, 0.15) is 0 Å². The summed E-state index contributed by atoms with van der Waals surface area (Å²) in [5.74, 6) is 0.247. The van der Waals surface area contributed by atoms with Crippen LogP contribution in [-0.4, -0.2) is 17.3 Å². The molecule has 2 aromatic carbocycles. The third-order valence-corrected chi connectivity index (χ3v) is 10.9. The molecule has 0 aliphatic heterocycles. The van der Waals surface area contributed by atoms with Gasteiger partial charge in [-0.1, -0.05) is 76.1 Å². The van der Waals surface area contributed by atoms with Crippen LogP contribution < -0.4 is 0 Å². The van der Waals surface area contributed by atoms with Gasteiger partial charge in [-0.05, 0) is 105 Å². The second-order valence-corrected chi connectivity index (χ2v) is 13.8. The minimum absolute atomic E-state index is 0.0702. The zero-order valence-electron chi connectivity index (χ0n) is 26.0. The van der Waals surface area contributed by atoms with E-state index in [0.29, 0.717) is 17.9 Å². The smallest absolute Gasteiger partial charge is 0.190 e. The minimum Gasteiger partial charge on any atom is -0.294 e. The third kappa shape index (κ3) is 3.72. The van der Waals surface area contributed by atoms with E-state index in [-0.39, 0.29) is 22.8 Å². The van der Waals surface area contributed by atoms with Crippen LogP contribution >= 0.6 is 0 Å². The zero-order valence-corrected chi connectivity index (χ0v) is 26.0. The molecule has 0 saturated carbocycles. The first-order chi connectivity index (χ1) is 18.6. The lowest BCUT2D eigenvalue weighted by Crippen LogP contribution is -2.57. The molecule has 0 saturated heterocycles. The van der Waals surface area contributed by atoms with Crippen molar-refractivity contribution in [2.75, 3.05) is 0 Å². The molecule has 0 aromatic heterocycles. The lowest BCUT2D eigenvalue weighted by atomic mass is 9.42. The highest BCUT2D eigenvalue weighted by molar-refractivity contribution is 6.24. The number of carbonyl (C=O) groups excluding carboxylic acids is 3. The summed E-state index contributed by atoms with van der Waals surface area (Å²) in [7, 11) is 0. The molecule has 0 heterocycles. The Labute approximate surface area is 240 Å². The molecule has 0 fully saturated rings. The van der Waals surface area contributed by atoms with Crippen molar-refractivity contribution in [1.29, 1.82) is 0 Å². The van der Waals surface area contributed by atoms with Crippen LogP contribution in [0.3, 0.4) is 0 Å². The number of aryl methyl sites for hydroxylation is 1. The van der Waals surface area contributed by atoms with Gasteiger partial charge >= 0.3 is 0 Å². The molecule has 0 radical (unpaired) electrons. The monoisotopic (exact) mass is 536 g/mol. The Bertz CT molecular complexity index is 1550. The molecule has 2 aromatic rings. The van der Waals surface area contributed by atoms with Crippen LogP contribution in [0.1, 0.15) is 114 Å². The highest BCUT2D eigenvalue weighted by Gasteiger charge is 2.63. The molecule has 40 heavy (non-hydrogen) atoms. The Morgan fingerprint density at radius 2 is 1.60 bits per heavy atom. The van der Waals surface area contributed by atoms with Gasteiger partial charge in [0.2, 0.25) is 0 Å². The zero-order chi connectivity index (χ0) is 29.5. The van der Waals surface area contributed by atoms with Gasteiger partial charge in [-0.15, -0.1) is 0 Å². The first-order valence-corrected chi connectivity index (χ1v) is 14.9. The van der Waals surface area contributed by atoms with Gasteiger partial charge < -0.3 is 0 Å². The van der Waals surface area contributed by atoms with E-state index in [9.17, 15) is 14.4 Å². The fraction of sp³-hybridized carbons (Fsp3) is 0.486. The van der Waals surface area contributed by atoms with Gasteiger partial charge in [0, 0.05) is 16.6 Å². The second kappa shape index (κ2) is 9.23. The molecule has 3 unspecified atom stereocenters. The van der Waals surface area contributed by atoms with Gasteiger partial charge in [0.05, 0.1) is 11.0 Å². The number of benzene rings is 2. The summed E-state index contributed by atoms with van der Waals surface area (Å²) >= 11 is 0. The molecule has 3 aliphatic carbocycles. The molecule has 3 atom stereocenters. The molecule has 0 amide bonds. The van der Waals surface area contributed by atoms with E-state index in [4.69, 9.17) is 0 Å². The first-order valence-electron chi connectivity index (χ1n) is 14.9. The van der Waals surface area contributed by atoms with E-state index in [2.05, 4.69) is 71.9 Å². The largest absolute Gasteiger partial charge is 0.294 e. The molecule has 0 N–H and O–H groups in total. The molecule has 0 bridgehead atoms. The quantitative estimate of drug-likeness (QED) is 0.367. The molecule has 210 valence electrons. The number of Topliss-reactive ketones (excluding diaryl/α,β-unsaturated/α-hetero) is 3. The number of allylic oxidation sites excluding steroid dienone is 4. The van der Waals surface area contributed by atoms with Crippen LogP contribution in [0.4, 0.5) is 0 Å². The lowest BCUT2D eigenvalue weighted by Gasteiger charge is -2.59. The number of fused-ring (bicyclic) bond motifs is 3. The molecular weight excluding hydrogens is 492 g/mol. The van der Waals surface area contributed by atoms with Gasteiger partial charge in [-0.2, -0.15) is 0 Å². The SMILES string of the molecule is CCc1cc(-c2ccc(C(C)C)cc2)c2c(c1C)C(=O)C1=C(C)C3(C)C(=O)C(C(C)=O)=C(C)CC3(C)CC1(C)C2. The van der Waals surface area contributed by atoms with Gasteiger partial charge in [-0.3, -0.25) is 14.4 Å². The maximum atomic E-state index is 14.7. The maximum Gasteiger partial charge on any atom is 0.190 e. The first kappa shape index (κ1) is 28.5. The minimum atomic E-state index is -0.888. The van der Waals surface area contributed by atoms with Crippen molar-refractivity contribution < 1.29 is 14.4 Å². The highest BCUT2D eigenvalue weighted by atomic mass is 16.2. The molecule has 0 spiro atoms. The van der Waals surface area contributed by atoms with Crippen LogP contribution in [0.5, 0.6) is 0 Å². The van der Waals surface area contributed by atoms with Crippen LogP contribution in [0, 0.1) is 23.2 Å². The summed E-state index contributed by atoms with van der Waals surface area (Å²) in [6, 6.07) is 11.1. The highest BCUT2D eigenvalue weighted by Crippen LogP contribution is 2.66. The fourth-order valence-corrected chi connectivity index (χ4v) is 8.71. The van der Waals surface area contributed by atoms with E-state index in [1.165, 1.54) is 18.1 Å². The number of ketones is 3. The third-order valence-electron chi connectivity index (χ3n) is 10.9. The number of carbonyl (C=O) groups is 3. The number of hydrogen-bond acceptors (Lipinski definition) is 3. The van der Waals surface area contributed by atoms with E-state index in [0.717, 1.165) is 63.8 Å². The molecule has 3 nitrogen and oxygen atoms in total. The number of hydrogen-bond donors (Lipinski definition) is 0. The van der Waals surface area contributed by atoms with Crippen LogP contribution in [0.25, 0.3) is 11.1 Å². The Kier molecular flexibility index (Phi) is 6.56. The summed E-state index contributed by atoms with van der Waals surface area (Å²) in [5, 5.41) is 0. The van der Waals surface area contributed by atoms with Crippen molar-refractivity contribution >= 4 is 17.3 Å². The Morgan fingerprint density at radius 3 is 2.15 bits per heavy atom. The molecule has 3 aliphatic rings. The van der Waals surface area contributed by atoms with E-state index in [1.54, 1.807) is 0 Å². The van der Waals surface area contributed by atoms with Crippen LogP contribution in [0.15, 0.2) is 52.6 Å². The predicted molar refractivity (Wildman–Crippen MR) is 163 cm³/mol. The summed E-state index contributed by atoms with van der Waals surface area (Å²) in [6.45, 7) is 20.5. The maximum absolute atomic E-state index is 14.7. The lowest BCUT2D eigenvalue weighted by molar-refractivity contribution is -0.134. The van der Waals surface area contributed by atoms with E-state index < -0.39 is 10.8 Å². The van der Waals surface area contributed by atoms with Gasteiger partial charge in [-0.25, -0.2) is 0 Å². The van der Waals surface area contributed by atoms with Crippen molar-refractivity contribution in [2.24, 2.45) is 16.2 Å². The summed E-state index contributed by atoms with van der Waals surface area (Å²) in [5.41, 5.74) is 9.04. The number of rotatable bonds is 4.